The molecule has 1 unspecified atom stereocenters. The fraction of sp³-hybridized carbons (Fsp3) is 0.286. The molecular formula is C14H14BrClFNS. The Morgan fingerprint density at radius 1 is 1.42 bits per heavy atom. The van der Waals surface area contributed by atoms with Gasteiger partial charge in [0.2, 0.25) is 0 Å². The zero-order chi connectivity index (χ0) is 14.0. The predicted molar refractivity (Wildman–Crippen MR) is 83.7 cm³/mol. The average Bonchev–Trinajstić information content (AvgIpc) is 2.67. The minimum atomic E-state index is -0.312. The standard InChI is InChI=1S/C14H14BrClFNS/c1-3-18-13(12-6-8(2)14(15)19-12)10-5-4-9(17)7-11(10)16/h4-7,13,18H,3H2,1-2H3. The molecule has 19 heavy (non-hydrogen) atoms. The van der Waals surface area contributed by atoms with E-state index in [9.17, 15) is 4.39 Å². The van der Waals surface area contributed by atoms with Gasteiger partial charge in [0.1, 0.15) is 5.82 Å². The molecule has 1 heterocycles. The van der Waals surface area contributed by atoms with Gasteiger partial charge in [-0.15, -0.1) is 11.3 Å². The van der Waals surface area contributed by atoms with Gasteiger partial charge in [-0.05, 0) is 58.7 Å². The summed E-state index contributed by atoms with van der Waals surface area (Å²) in [6, 6.07) is 6.67. The fourth-order valence-corrected chi connectivity index (χ4v) is 3.87. The molecule has 2 aromatic rings. The number of hydrogen-bond acceptors (Lipinski definition) is 2. The molecule has 1 aromatic carbocycles. The summed E-state index contributed by atoms with van der Waals surface area (Å²) in [6.07, 6.45) is 0. The summed E-state index contributed by atoms with van der Waals surface area (Å²) in [6.45, 7) is 4.91. The van der Waals surface area contributed by atoms with Crippen molar-refractivity contribution in [1.29, 1.82) is 0 Å². The van der Waals surface area contributed by atoms with E-state index in [1.807, 2.05) is 6.92 Å². The van der Waals surface area contributed by atoms with Crippen LogP contribution in [0.1, 0.15) is 29.0 Å². The maximum atomic E-state index is 13.2. The Labute approximate surface area is 129 Å². The Bertz CT molecular complexity index is 565. The Balaban J connectivity index is 2.44. The number of thiophene rings is 1. The van der Waals surface area contributed by atoms with Gasteiger partial charge in [0.15, 0.2) is 0 Å². The quantitative estimate of drug-likeness (QED) is 0.777. The molecule has 1 aromatic heterocycles. The highest BCUT2D eigenvalue weighted by Gasteiger charge is 2.19. The summed E-state index contributed by atoms with van der Waals surface area (Å²) in [5, 5.41) is 3.85. The smallest absolute Gasteiger partial charge is 0.124 e. The largest absolute Gasteiger partial charge is 0.306 e. The Kier molecular flexibility index (Phi) is 5.01. The van der Waals surface area contributed by atoms with E-state index < -0.39 is 0 Å². The van der Waals surface area contributed by atoms with E-state index in [1.54, 1.807) is 17.4 Å². The number of aryl methyl sites for hydroxylation is 1. The normalized spacial score (nSPS) is 12.7. The molecule has 0 aliphatic heterocycles. The fourth-order valence-electron chi connectivity index (χ4n) is 1.93. The SMILES string of the molecule is CCNC(c1cc(C)c(Br)s1)c1ccc(F)cc1Cl. The molecule has 2 rings (SSSR count). The van der Waals surface area contributed by atoms with E-state index in [0.29, 0.717) is 5.02 Å². The first-order valence-electron chi connectivity index (χ1n) is 5.97. The molecule has 0 radical (unpaired) electrons. The van der Waals surface area contributed by atoms with Crippen LogP contribution in [0.4, 0.5) is 4.39 Å². The zero-order valence-electron chi connectivity index (χ0n) is 10.6. The van der Waals surface area contributed by atoms with Gasteiger partial charge in [-0.3, -0.25) is 0 Å². The molecule has 102 valence electrons. The second-order valence-electron chi connectivity index (χ2n) is 4.26. The lowest BCUT2D eigenvalue weighted by molar-refractivity contribution is 0.617. The predicted octanol–water partition coefficient (Wildman–Crippen LogP) is 5.31. The first-order valence-corrected chi connectivity index (χ1v) is 7.95. The van der Waals surface area contributed by atoms with Gasteiger partial charge in [0, 0.05) is 9.90 Å². The van der Waals surface area contributed by atoms with Crippen LogP contribution in [0.25, 0.3) is 0 Å². The Morgan fingerprint density at radius 2 is 2.16 bits per heavy atom. The van der Waals surface area contributed by atoms with E-state index >= 15 is 0 Å². The van der Waals surface area contributed by atoms with Crippen LogP contribution in [-0.2, 0) is 0 Å². The van der Waals surface area contributed by atoms with Gasteiger partial charge in [-0.2, -0.15) is 0 Å². The van der Waals surface area contributed by atoms with Crippen LogP contribution in [0, 0.1) is 12.7 Å². The average molecular weight is 363 g/mol. The van der Waals surface area contributed by atoms with Gasteiger partial charge in [-0.1, -0.05) is 24.6 Å². The van der Waals surface area contributed by atoms with Gasteiger partial charge < -0.3 is 5.32 Å². The van der Waals surface area contributed by atoms with E-state index in [0.717, 1.165) is 15.9 Å². The van der Waals surface area contributed by atoms with Crippen LogP contribution in [0.5, 0.6) is 0 Å². The molecule has 0 aliphatic carbocycles. The van der Waals surface area contributed by atoms with Crippen molar-refractivity contribution in [2.45, 2.75) is 19.9 Å². The van der Waals surface area contributed by atoms with Crippen LogP contribution < -0.4 is 5.32 Å². The number of hydrogen-bond donors (Lipinski definition) is 1. The van der Waals surface area contributed by atoms with Crippen molar-refractivity contribution in [2.24, 2.45) is 0 Å². The highest BCUT2D eigenvalue weighted by molar-refractivity contribution is 9.11. The number of halogens is 3. The first kappa shape index (κ1) is 15.0. The van der Waals surface area contributed by atoms with Gasteiger partial charge in [0.25, 0.3) is 0 Å². The van der Waals surface area contributed by atoms with Crippen molar-refractivity contribution in [3.8, 4) is 0 Å². The third-order valence-corrected chi connectivity index (χ3v) is 5.37. The molecule has 1 N–H and O–H groups in total. The van der Waals surface area contributed by atoms with Gasteiger partial charge in [0.05, 0.1) is 9.83 Å². The van der Waals surface area contributed by atoms with Crippen molar-refractivity contribution in [3.63, 3.8) is 0 Å². The third kappa shape index (κ3) is 3.37. The number of benzene rings is 1. The highest BCUT2D eigenvalue weighted by atomic mass is 79.9. The Hall–Kier alpha value is -0.420. The number of rotatable bonds is 4. The van der Waals surface area contributed by atoms with Crippen LogP contribution in [0.3, 0.4) is 0 Å². The zero-order valence-corrected chi connectivity index (χ0v) is 13.8. The van der Waals surface area contributed by atoms with E-state index in [4.69, 9.17) is 11.6 Å². The lowest BCUT2D eigenvalue weighted by atomic mass is 10.0. The summed E-state index contributed by atoms with van der Waals surface area (Å²) in [4.78, 5) is 1.17. The molecule has 0 saturated heterocycles. The molecule has 0 bridgehead atoms. The molecule has 0 fully saturated rings. The molecule has 0 aliphatic rings. The highest BCUT2D eigenvalue weighted by Crippen LogP contribution is 2.36. The molecule has 0 amide bonds. The third-order valence-electron chi connectivity index (χ3n) is 2.84. The number of nitrogens with one attached hydrogen (secondary N) is 1. The Morgan fingerprint density at radius 3 is 2.68 bits per heavy atom. The van der Waals surface area contributed by atoms with Gasteiger partial charge >= 0.3 is 0 Å². The molecular weight excluding hydrogens is 349 g/mol. The van der Waals surface area contributed by atoms with E-state index in [-0.39, 0.29) is 11.9 Å². The van der Waals surface area contributed by atoms with E-state index in [2.05, 4.69) is 34.2 Å². The minimum absolute atomic E-state index is 0.00639. The topological polar surface area (TPSA) is 12.0 Å². The first-order chi connectivity index (χ1) is 9.02. The van der Waals surface area contributed by atoms with Crippen molar-refractivity contribution in [3.05, 3.63) is 54.9 Å². The second kappa shape index (κ2) is 6.35. The van der Waals surface area contributed by atoms with Crippen LogP contribution in [0.2, 0.25) is 5.02 Å². The second-order valence-corrected chi connectivity index (χ2v) is 7.07. The molecule has 0 saturated carbocycles. The summed E-state index contributed by atoms with van der Waals surface area (Å²) >= 11 is 11.4. The van der Waals surface area contributed by atoms with Crippen LogP contribution in [-0.4, -0.2) is 6.54 Å². The maximum absolute atomic E-state index is 13.2. The van der Waals surface area contributed by atoms with Crippen molar-refractivity contribution >= 4 is 38.9 Å². The molecule has 1 atom stereocenters. The molecule has 5 heteroatoms. The molecule has 0 spiro atoms. The van der Waals surface area contributed by atoms with Crippen molar-refractivity contribution in [1.82, 2.24) is 5.32 Å². The molecule has 1 nitrogen and oxygen atoms in total. The van der Waals surface area contributed by atoms with Crippen LogP contribution in [0.15, 0.2) is 28.1 Å². The van der Waals surface area contributed by atoms with Crippen molar-refractivity contribution < 1.29 is 4.39 Å². The maximum Gasteiger partial charge on any atom is 0.124 e. The lowest BCUT2D eigenvalue weighted by Gasteiger charge is -2.18. The summed E-state index contributed by atoms with van der Waals surface area (Å²) in [7, 11) is 0. The van der Waals surface area contributed by atoms with Crippen LogP contribution >= 0.6 is 38.9 Å². The van der Waals surface area contributed by atoms with Crippen molar-refractivity contribution in [2.75, 3.05) is 6.54 Å². The van der Waals surface area contributed by atoms with Gasteiger partial charge in [-0.25, -0.2) is 4.39 Å². The summed E-state index contributed by atoms with van der Waals surface area (Å²) < 4.78 is 14.3. The van der Waals surface area contributed by atoms with E-state index in [1.165, 1.54) is 22.6 Å². The lowest BCUT2D eigenvalue weighted by Crippen LogP contribution is -2.21. The summed E-state index contributed by atoms with van der Waals surface area (Å²) in [5.74, 6) is -0.312. The minimum Gasteiger partial charge on any atom is -0.306 e. The summed E-state index contributed by atoms with van der Waals surface area (Å²) in [5.41, 5.74) is 2.10. The monoisotopic (exact) mass is 361 g/mol.